The van der Waals surface area contributed by atoms with Crippen LogP contribution in [0.4, 0.5) is 0 Å². The van der Waals surface area contributed by atoms with Crippen LogP contribution in [0.3, 0.4) is 0 Å². The van der Waals surface area contributed by atoms with Gasteiger partial charge in [-0.05, 0) is 49.2 Å². The second-order valence-electron chi connectivity index (χ2n) is 5.01. The highest BCUT2D eigenvalue weighted by Crippen LogP contribution is 2.28. The number of nitriles is 1. The van der Waals surface area contributed by atoms with Crippen molar-refractivity contribution in [3.8, 4) is 11.8 Å². The van der Waals surface area contributed by atoms with Gasteiger partial charge in [-0.1, -0.05) is 28.1 Å². The molecule has 0 radical (unpaired) electrons. The van der Waals surface area contributed by atoms with Gasteiger partial charge in [0.05, 0.1) is 11.6 Å². The Balaban J connectivity index is 2.20. The first-order valence-corrected chi connectivity index (χ1v) is 7.48. The molecule has 0 bridgehead atoms. The highest BCUT2D eigenvalue weighted by atomic mass is 79.9. The standard InChI is InChI=1S/C17H17BrN2O/c1-11-7-13(9-19)3-4-14(11)10-21-17-8-15(18)5-6-16(17)12(2)20/h3-8,12H,10,20H2,1-2H3/t12-/m0/s1. The minimum Gasteiger partial charge on any atom is -0.489 e. The van der Waals surface area contributed by atoms with Crippen LogP contribution in [0.2, 0.25) is 0 Å². The first-order chi connectivity index (χ1) is 10.0. The monoisotopic (exact) mass is 344 g/mol. The topological polar surface area (TPSA) is 59.0 Å². The first kappa shape index (κ1) is 15.6. The molecule has 2 aromatic carbocycles. The van der Waals surface area contributed by atoms with Crippen molar-refractivity contribution < 1.29 is 4.74 Å². The fourth-order valence-corrected chi connectivity index (χ4v) is 2.43. The molecular formula is C17H17BrN2O. The number of nitrogens with zero attached hydrogens (tertiary/aromatic N) is 1. The summed E-state index contributed by atoms with van der Waals surface area (Å²) in [7, 11) is 0. The molecule has 1 atom stereocenters. The molecule has 0 unspecified atom stereocenters. The predicted molar refractivity (Wildman–Crippen MR) is 87.0 cm³/mol. The van der Waals surface area contributed by atoms with Crippen LogP contribution in [0.1, 0.15) is 35.2 Å². The molecule has 0 aliphatic rings. The van der Waals surface area contributed by atoms with E-state index in [1.165, 1.54) is 0 Å². The van der Waals surface area contributed by atoms with Gasteiger partial charge in [-0.25, -0.2) is 0 Å². The summed E-state index contributed by atoms with van der Waals surface area (Å²) < 4.78 is 6.88. The maximum absolute atomic E-state index is 8.89. The van der Waals surface area contributed by atoms with E-state index >= 15 is 0 Å². The molecule has 2 rings (SSSR count). The Morgan fingerprint density at radius 2 is 2.05 bits per heavy atom. The molecular weight excluding hydrogens is 328 g/mol. The molecule has 0 aliphatic carbocycles. The quantitative estimate of drug-likeness (QED) is 0.902. The fourth-order valence-electron chi connectivity index (χ4n) is 2.09. The van der Waals surface area contributed by atoms with E-state index < -0.39 is 0 Å². The summed E-state index contributed by atoms with van der Waals surface area (Å²) >= 11 is 3.45. The zero-order valence-electron chi connectivity index (χ0n) is 12.1. The summed E-state index contributed by atoms with van der Waals surface area (Å²) in [6.07, 6.45) is 0. The number of benzene rings is 2. The van der Waals surface area contributed by atoms with Crippen molar-refractivity contribution in [1.82, 2.24) is 0 Å². The highest BCUT2D eigenvalue weighted by molar-refractivity contribution is 9.10. The predicted octanol–water partition coefficient (Wildman–Crippen LogP) is 4.23. The largest absolute Gasteiger partial charge is 0.489 e. The number of ether oxygens (including phenoxy) is 1. The lowest BCUT2D eigenvalue weighted by Gasteiger charge is -2.15. The SMILES string of the molecule is Cc1cc(C#N)ccc1COc1cc(Br)ccc1[C@H](C)N. The van der Waals surface area contributed by atoms with Crippen molar-refractivity contribution >= 4 is 15.9 Å². The fraction of sp³-hybridized carbons (Fsp3) is 0.235. The van der Waals surface area contributed by atoms with Gasteiger partial charge in [0.25, 0.3) is 0 Å². The molecule has 0 aliphatic heterocycles. The van der Waals surface area contributed by atoms with Crippen LogP contribution in [-0.4, -0.2) is 0 Å². The summed E-state index contributed by atoms with van der Waals surface area (Å²) in [5.41, 5.74) is 9.72. The van der Waals surface area contributed by atoms with E-state index in [4.69, 9.17) is 15.7 Å². The van der Waals surface area contributed by atoms with Crippen molar-refractivity contribution in [2.75, 3.05) is 0 Å². The number of nitrogens with two attached hydrogens (primary N) is 1. The van der Waals surface area contributed by atoms with Crippen molar-refractivity contribution in [1.29, 1.82) is 5.26 Å². The lowest BCUT2D eigenvalue weighted by Crippen LogP contribution is -2.08. The maximum atomic E-state index is 8.89. The second-order valence-corrected chi connectivity index (χ2v) is 5.93. The van der Waals surface area contributed by atoms with Crippen LogP contribution in [-0.2, 0) is 6.61 Å². The van der Waals surface area contributed by atoms with Gasteiger partial charge in [0, 0.05) is 16.1 Å². The van der Waals surface area contributed by atoms with E-state index in [9.17, 15) is 0 Å². The van der Waals surface area contributed by atoms with E-state index in [1.54, 1.807) is 6.07 Å². The summed E-state index contributed by atoms with van der Waals surface area (Å²) in [5.74, 6) is 0.781. The van der Waals surface area contributed by atoms with Gasteiger partial charge >= 0.3 is 0 Å². The number of aryl methyl sites for hydroxylation is 1. The Hall–Kier alpha value is -1.83. The van der Waals surface area contributed by atoms with Gasteiger partial charge in [0.1, 0.15) is 12.4 Å². The van der Waals surface area contributed by atoms with Crippen LogP contribution in [0.5, 0.6) is 5.75 Å². The smallest absolute Gasteiger partial charge is 0.125 e. The van der Waals surface area contributed by atoms with Crippen molar-refractivity contribution in [3.05, 3.63) is 63.1 Å². The Morgan fingerprint density at radius 3 is 2.67 bits per heavy atom. The molecule has 0 spiro atoms. The number of hydrogen-bond acceptors (Lipinski definition) is 3. The highest BCUT2D eigenvalue weighted by Gasteiger charge is 2.10. The van der Waals surface area contributed by atoms with Gasteiger partial charge in [0.15, 0.2) is 0 Å². The molecule has 2 aromatic rings. The second kappa shape index (κ2) is 6.75. The molecule has 0 amide bonds. The van der Waals surface area contributed by atoms with Crippen LogP contribution in [0.15, 0.2) is 40.9 Å². The van der Waals surface area contributed by atoms with Gasteiger partial charge in [-0.3, -0.25) is 0 Å². The van der Waals surface area contributed by atoms with E-state index in [0.29, 0.717) is 12.2 Å². The number of halogens is 1. The van der Waals surface area contributed by atoms with Gasteiger partial charge in [-0.2, -0.15) is 5.26 Å². The van der Waals surface area contributed by atoms with Crippen molar-refractivity contribution in [2.45, 2.75) is 26.5 Å². The summed E-state index contributed by atoms with van der Waals surface area (Å²) in [6.45, 7) is 4.36. The minimum atomic E-state index is -0.0878. The molecule has 2 N–H and O–H groups in total. The molecule has 0 heterocycles. The molecule has 4 heteroatoms. The Bertz CT molecular complexity index is 690. The van der Waals surface area contributed by atoms with E-state index in [-0.39, 0.29) is 6.04 Å². The Kier molecular flexibility index (Phi) is 5.00. The van der Waals surface area contributed by atoms with Crippen LogP contribution < -0.4 is 10.5 Å². The Morgan fingerprint density at radius 1 is 1.29 bits per heavy atom. The third kappa shape index (κ3) is 3.84. The van der Waals surface area contributed by atoms with Crippen LogP contribution in [0.25, 0.3) is 0 Å². The van der Waals surface area contributed by atoms with Crippen LogP contribution >= 0.6 is 15.9 Å². The Labute approximate surface area is 133 Å². The zero-order chi connectivity index (χ0) is 15.4. The first-order valence-electron chi connectivity index (χ1n) is 6.68. The third-order valence-electron chi connectivity index (χ3n) is 3.32. The third-order valence-corrected chi connectivity index (χ3v) is 3.81. The van der Waals surface area contributed by atoms with E-state index in [2.05, 4.69) is 22.0 Å². The van der Waals surface area contributed by atoms with Gasteiger partial charge in [0.2, 0.25) is 0 Å². The summed E-state index contributed by atoms with van der Waals surface area (Å²) in [6, 6.07) is 13.5. The normalized spacial score (nSPS) is 11.8. The maximum Gasteiger partial charge on any atom is 0.125 e. The molecule has 0 aromatic heterocycles. The zero-order valence-corrected chi connectivity index (χ0v) is 13.6. The average molecular weight is 345 g/mol. The van der Waals surface area contributed by atoms with Crippen molar-refractivity contribution in [3.63, 3.8) is 0 Å². The van der Waals surface area contributed by atoms with Crippen molar-refractivity contribution in [2.24, 2.45) is 5.73 Å². The molecule has 0 fully saturated rings. The molecule has 108 valence electrons. The number of hydrogen-bond donors (Lipinski definition) is 1. The molecule has 0 saturated heterocycles. The minimum absolute atomic E-state index is 0.0878. The van der Waals surface area contributed by atoms with Gasteiger partial charge in [-0.15, -0.1) is 0 Å². The molecule has 3 nitrogen and oxygen atoms in total. The average Bonchev–Trinajstić information content (AvgIpc) is 2.45. The molecule has 0 saturated carbocycles. The lowest BCUT2D eigenvalue weighted by molar-refractivity contribution is 0.300. The van der Waals surface area contributed by atoms with E-state index in [1.807, 2.05) is 44.2 Å². The summed E-state index contributed by atoms with van der Waals surface area (Å²) in [4.78, 5) is 0. The van der Waals surface area contributed by atoms with E-state index in [0.717, 1.165) is 26.9 Å². The van der Waals surface area contributed by atoms with Crippen LogP contribution in [0, 0.1) is 18.3 Å². The van der Waals surface area contributed by atoms with Gasteiger partial charge < -0.3 is 10.5 Å². The molecule has 21 heavy (non-hydrogen) atoms. The number of rotatable bonds is 4. The summed E-state index contributed by atoms with van der Waals surface area (Å²) in [5, 5.41) is 8.89. The lowest BCUT2D eigenvalue weighted by atomic mass is 10.1.